The first-order valence-corrected chi connectivity index (χ1v) is 2.80. The van der Waals surface area contributed by atoms with Crippen molar-refractivity contribution in [2.75, 3.05) is 6.61 Å². The fourth-order valence-corrected chi connectivity index (χ4v) is 0.750. The SMILES string of the molecule is OCC1(NS)CC1. The second-order valence-corrected chi connectivity index (χ2v) is 2.27. The third kappa shape index (κ3) is 0.900. The van der Waals surface area contributed by atoms with Gasteiger partial charge in [-0.2, -0.15) is 0 Å². The quantitative estimate of drug-likeness (QED) is 0.445. The van der Waals surface area contributed by atoms with Crippen LogP contribution in [0.4, 0.5) is 0 Å². The van der Waals surface area contributed by atoms with Crippen LogP contribution in [0, 0.1) is 0 Å². The number of aliphatic hydroxyl groups is 1. The van der Waals surface area contributed by atoms with Crippen molar-refractivity contribution in [2.45, 2.75) is 18.4 Å². The molecule has 0 atom stereocenters. The van der Waals surface area contributed by atoms with Gasteiger partial charge < -0.3 is 5.11 Å². The highest BCUT2D eigenvalue weighted by atomic mass is 32.1. The normalized spacial score (nSPS) is 24.9. The first-order valence-electron chi connectivity index (χ1n) is 2.35. The molecule has 0 bridgehead atoms. The largest absolute Gasteiger partial charge is 0.394 e. The lowest BCUT2D eigenvalue weighted by Crippen LogP contribution is -2.26. The fraction of sp³-hybridized carbons (Fsp3) is 1.00. The van der Waals surface area contributed by atoms with E-state index in [1.54, 1.807) is 0 Å². The zero-order chi connectivity index (χ0) is 5.33. The van der Waals surface area contributed by atoms with Crippen molar-refractivity contribution < 1.29 is 5.11 Å². The molecule has 0 unspecified atom stereocenters. The lowest BCUT2D eigenvalue weighted by Gasteiger charge is -2.05. The van der Waals surface area contributed by atoms with Crippen LogP contribution in [0.5, 0.6) is 0 Å². The van der Waals surface area contributed by atoms with Crippen LogP contribution in [0.3, 0.4) is 0 Å². The van der Waals surface area contributed by atoms with Crippen LogP contribution < -0.4 is 4.72 Å². The molecular formula is C4H9NOS. The van der Waals surface area contributed by atoms with E-state index in [4.69, 9.17) is 5.11 Å². The summed E-state index contributed by atoms with van der Waals surface area (Å²) < 4.78 is 2.75. The van der Waals surface area contributed by atoms with Gasteiger partial charge in [0.05, 0.1) is 12.1 Å². The third-order valence-electron chi connectivity index (χ3n) is 1.39. The zero-order valence-corrected chi connectivity index (χ0v) is 4.91. The Labute approximate surface area is 48.5 Å². The summed E-state index contributed by atoms with van der Waals surface area (Å²) in [7, 11) is 0. The minimum Gasteiger partial charge on any atom is -0.394 e. The number of nitrogens with one attached hydrogen (secondary N) is 1. The van der Waals surface area contributed by atoms with E-state index in [9.17, 15) is 0 Å². The van der Waals surface area contributed by atoms with Crippen molar-refractivity contribution in [3.05, 3.63) is 0 Å². The number of aliphatic hydroxyl groups excluding tert-OH is 1. The van der Waals surface area contributed by atoms with Crippen molar-refractivity contribution in [1.29, 1.82) is 0 Å². The summed E-state index contributed by atoms with van der Waals surface area (Å²) in [5, 5.41) is 8.55. The van der Waals surface area contributed by atoms with Gasteiger partial charge in [0.25, 0.3) is 0 Å². The Morgan fingerprint density at radius 2 is 2.29 bits per heavy atom. The molecular weight excluding hydrogens is 110 g/mol. The smallest absolute Gasteiger partial charge is 0.0621 e. The van der Waals surface area contributed by atoms with E-state index >= 15 is 0 Å². The maximum absolute atomic E-state index is 8.55. The van der Waals surface area contributed by atoms with Crippen LogP contribution in [0.2, 0.25) is 0 Å². The average molecular weight is 119 g/mol. The lowest BCUT2D eigenvalue weighted by molar-refractivity contribution is 0.249. The third-order valence-corrected chi connectivity index (χ3v) is 1.87. The second kappa shape index (κ2) is 1.65. The predicted molar refractivity (Wildman–Crippen MR) is 31.2 cm³/mol. The Morgan fingerprint density at radius 1 is 1.71 bits per heavy atom. The van der Waals surface area contributed by atoms with Gasteiger partial charge >= 0.3 is 0 Å². The Morgan fingerprint density at radius 3 is 2.29 bits per heavy atom. The monoisotopic (exact) mass is 119 g/mol. The maximum Gasteiger partial charge on any atom is 0.0621 e. The molecule has 0 spiro atoms. The number of rotatable bonds is 2. The summed E-state index contributed by atoms with van der Waals surface area (Å²) in [4.78, 5) is 0. The van der Waals surface area contributed by atoms with Crippen LogP contribution in [0.25, 0.3) is 0 Å². The summed E-state index contributed by atoms with van der Waals surface area (Å²) in [6.07, 6.45) is 2.12. The van der Waals surface area contributed by atoms with Gasteiger partial charge in [-0.15, -0.1) is 0 Å². The van der Waals surface area contributed by atoms with Gasteiger partial charge in [0.1, 0.15) is 0 Å². The molecule has 0 heterocycles. The van der Waals surface area contributed by atoms with Crippen molar-refractivity contribution in [3.8, 4) is 0 Å². The van der Waals surface area contributed by atoms with Gasteiger partial charge in [0.15, 0.2) is 0 Å². The molecule has 7 heavy (non-hydrogen) atoms. The summed E-state index contributed by atoms with van der Waals surface area (Å²) in [5.74, 6) is 0. The topological polar surface area (TPSA) is 32.3 Å². The van der Waals surface area contributed by atoms with Gasteiger partial charge in [-0.1, -0.05) is 12.8 Å². The van der Waals surface area contributed by atoms with Crippen molar-refractivity contribution in [1.82, 2.24) is 4.72 Å². The van der Waals surface area contributed by atoms with E-state index < -0.39 is 0 Å². The highest BCUT2D eigenvalue weighted by molar-refractivity contribution is 7.78. The molecule has 0 saturated heterocycles. The van der Waals surface area contributed by atoms with E-state index in [0.717, 1.165) is 12.8 Å². The van der Waals surface area contributed by atoms with E-state index in [2.05, 4.69) is 17.5 Å². The first kappa shape index (κ1) is 5.41. The maximum atomic E-state index is 8.55. The molecule has 1 aliphatic rings. The fourth-order valence-electron chi connectivity index (χ4n) is 0.456. The lowest BCUT2D eigenvalue weighted by atomic mass is 10.3. The minimum atomic E-state index is 0.00309. The molecule has 2 N–H and O–H groups in total. The predicted octanol–water partition coefficient (Wildman–Crippen LogP) is -0.0543. The molecule has 3 heteroatoms. The van der Waals surface area contributed by atoms with Gasteiger partial charge in [0, 0.05) is 0 Å². The molecule has 1 aliphatic carbocycles. The van der Waals surface area contributed by atoms with E-state index in [1.807, 2.05) is 0 Å². The highest BCUT2D eigenvalue weighted by Crippen LogP contribution is 2.34. The second-order valence-electron chi connectivity index (χ2n) is 2.05. The van der Waals surface area contributed by atoms with Crippen molar-refractivity contribution in [2.24, 2.45) is 0 Å². The molecule has 0 aromatic heterocycles. The summed E-state index contributed by atoms with van der Waals surface area (Å²) in [6.45, 7) is 0.219. The van der Waals surface area contributed by atoms with E-state index in [-0.39, 0.29) is 12.1 Å². The molecule has 1 rings (SSSR count). The Balaban J connectivity index is 2.28. The van der Waals surface area contributed by atoms with Gasteiger partial charge in [-0.3, -0.25) is 4.72 Å². The molecule has 0 amide bonds. The van der Waals surface area contributed by atoms with Crippen LogP contribution in [-0.4, -0.2) is 17.3 Å². The zero-order valence-electron chi connectivity index (χ0n) is 4.02. The van der Waals surface area contributed by atoms with Crippen LogP contribution in [0.15, 0.2) is 0 Å². The molecule has 0 aromatic rings. The summed E-state index contributed by atoms with van der Waals surface area (Å²) >= 11 is 3.83. The molecule has 2 nitrogen and oxygen atoms in total. The van der Waals surface area contributed by atoms with Gasteiger partial charge in [0.2, 0.25) is 0 Å². The molecule has 0 aromatic carbocycles. The first-order chi connectivity index (χ1) is 3.33. The number of thiol groups is 1. The molecule has 0 aliphatic heterocycles. The van der Waals surface area contributed by atoms with Crippen molar-refractivity contribution >= 4 is 12.8 Å². The van der Waals surface area contributed by atoms with E-state index in [0.29, 0.717) is 0 Å². The van der Waals surface area contributed by atoms with E-state index in [1.165, 1.54) is 0 Å². The number of hydrogen-bond acceptors (Lipinski definition) is 3. The minimum absolute atomic E-state index is 0.00309. The van der Waals surface area contributed by atoms with Gasteiger partial charge in [-0.05, 0) is 12.8 Å². The summed E-state index contributed by atoms with van der Waals surface area (Å²) in [6, 6.07) is 0. The standard InChI is InChI=1S/C4H9NOS/c6-3-4(5-7)1-2-4/h5-7H,1-3H2. The Bertz CT molecular complexity index is 66.1. The Hall–Kier alpha value is 0.270. The van der Waals surface area contributed by atoms with Crippen molar-refractivity contribution in [3.63, 3.8) is 0 Å². The van der Waals surface area contributed by atoms with Crippen LogP contribution in [0.1, 0.15) is 12.8 Å². The molecule has 42 valence electrons. The average Bonchev–Trinajstić information content (AvgIpc) is 2.46. The van der Waals surface area contributed by atoms with Crippen LogP contribution in [-0.2, 0) is 0 Å². The molecule has 0 radical (unpaired) electrons. The Kier molecular flexibility index (Phi) is 1.28. The summed E-state index contributed by atoms with van der Waals surface area (Å²) in [5.41, 5.74) is 0.00309. The number of hydrogen-bond donors (Lipinski definition) is 3. The highest BCUT2D eigenvalue weighted by Gasteiger charge is 2.40. The van der Waals surface area contributed by atoms with Crippen LogP contribution >= 0.6 is 12.8 Å². The molecule has 1 fully saturated rings. The van der Waals surface area contributed by atoms with Gasteiger partial charge in [-0.25, -0.2) is 0 Å². The molecule has 1 saturated carbocycles.